The minimum absolute atomic E-state index is 0.00574. The maximum atomic E-state index is 12.1. The molecule has 1 aromatic carbocycles. The van der Waals surface area contributed by atoms with Gasteiger partial charge in [0.15, 0.2) is 17.3 Å². The Hall–Kier alpha value is -1.64. The monoisotopic (exact) mass is 231 g/mol. The van der Waals surface area contributed by atoms with Crippen molar-refractivity contribution in [3.63, 3.8) is 0 Å². The molecule has 0 saturated heterocycles. The Balaban J connectivity index is 2.33. The van der Waals surface area contributed by atoms with Crippen LogP contribution in [0.3, 0.4) is 0 Å². The van der Waals surface area contributed by atoms with Gasteiger partial charge < -0.3 is 4.42 Å². The van der Waals surface area contributed by atoms with Gasteiger partial charge in [-0.1, -0.05) is 20.8 Å². The van der Waals surface area contributed by atoms with E-state index in [9.17, 15) is 4.79 Å². The van der Waals surface area contributed by atoms with Gasteiger partial charge in [-0.3, -0.25) is 4.79 Å². The lowest BCUT2D eigenvalue weighted by atomic mass is 9.88. The van der Waals surface area contributed by atoms with Crippen LogP contribution in [0.1, 0.15) is 43.4 Å². The summed E-state index contributed by atoms with van der Waals surface area (Å²) in [6.07, 6.45) is 0.537. The highest BCUT2D eigenvalue weighted by molar-refractivity contribution is 5.98. The number of rotatable bonds is 2. The van der Waals surface area contributed by atoms with Gasteiger partial charge in [0.1, 0.15) is 5.52 Å². The number of hydrogen-bond donors (Lipinski definition) is 0. The maximum absolute atomic E-state index is 12.1. The van der Waals surface area contributed by atoms with Crippen molar-refractivity contribution in [1.82, 2.24) is 4.98 Å². The van der Waals surface area contributed by atoms with E-state index in [1.165, 1.54) is 0 Å². The number of aryl methyl sites for hydroxylation is 1. The first kappa shape index (κ1) is 11.8. The largest absolute Gasteiger partial charge is 0.441 e. The van der Waals surface area contributed by atoms with Crippen molar-refractivity contribution in [2.75, 3.05) is 0 Å². The molecule has 0 N–H and O–H groups in total. The quantitative estimate of drug-likeness (QED) is 0.739. The fraction of sp³-hybridized carbons (Fsp3) is 0.429. The smallest absolute Gasteiger partial charge is 0.192 e. The van der Waals surface area contributed by atoms with E-state index in [0.717, 1.165) is 11.1 Å². The van der Waals surface area contributed by atoms with Crippen molar-refractivity contribution in [3.8, 4) is 0 Å². The normalized spacial score (nSPS) is 12.0. The molecule has 1 heterocycles. The van der Waals surface area contributed by atoms with Crippen molar-refractivity contribution in [2.45, 2.75) is 34.1 Å². The Morgan fingerprint density at radius 2 is 2.06 bits per heavy atom. The Labute approximate surface area is 101 Å². The zero-order valence-corrected chi connectivity index (χ0v) is 10.7. The summed E-state index contributed by atoms with van der Waals surface area (Å²) in [7, 11) is 0. The van der Waals surface area contributed by atoms with Gasteiger partial charge in [0.2, 0.25) is 0 Å². The highest BCUT2D eigenvalue weighted by Gasteiger charge is 2.18. The lowest BCUT2D eigenvalue weighted by Crippen LogP contribution is -2.12. The number of fused-ring (bicyclic) bond motifs is 1. The molecule has 0 fully saturated rings. The maximum Gasteiger partial charge on any atom is 0.192 e. The number of carbonyl (C=O) groups excluding carboxylic acids is 1. The van der Waals surface area contributed by atoms with E-state index < -0.39 is 0 Å². The van der Waals surface area contributed by atoms with Crippen LogP contribution >= 0.6 is 0 Å². The van der Waals surface area contributed by atoms with Crippen LogP contribution < -0.4 is 0 Å². The fourth-order valence-electron chi connectivity index (χ4n) is 1.80. The van der Waals surface area contributed by atoms with Crippen molar-refractivity contribution < 1.29 is 9.21 Å². The van der Waals surface area contributed by atoms with E-state index in [-0.39, 0.29) is 11.2 Å². The zero-order chi connectivity index (χ0) is 12.6. The Kier molecular flexibility index (Phi) is 2.77. The standard InChI is InChI=1S/C14H17NO2/c1-9-15-11-7-10(5-6-13(11)17-9)12(16)8-14(2,3)4/h5-7H,8H2,1-4H3. The molecule has 0 bridgehead atoms. The first-order chi connectivity index (χ1) is 7.85. The molecule has 2 rings (SSSR count). The number of carbonyl (C=O) groups is 1. The molecule has 0 aliphatic rings. The average molecular weight is 231 g/mol. The van der Waals surface area contributed by atoms with E-state index in [0.29, 0.717) is 17.9 Å². The molecule has 0 spiro atoms. The van der Waals surface area contributed by atoms with E-state index >= 15 is 0 Å². The predicted molar refractivity (Wildman–Crippen MR) is 67.1 cm³/mol. The second-order valence-electron chi connectivity index (χ2n) is 5.58. The van der Waals surface area contributed by atoms with Crippen molar-refractivity contribution in [3.05, 3.63) is 29.7 Å². The van der Waals surface area contributed by atoms with Crippen molar-refractivity contribution in [2.24, 2.45) is 5.41 Å². The number of hydrogen-bond acceptors (Lipinski definition) is 3. The third-order valence-corrected chi connectivity index (χ3v) is 2.51. The van der Waals surface area contributed by atoms with Gasteiger partial charge in [0.25, 0.3) is 0 Å². The Bertz CT molecular complexity index is 561. The highest BCUT2D eigenvalue weighted by Crippen LogP contribution is 2.23. The molecule has 0 saturated carbocycles. The van der Waals surface area contributed by atoms with E-state index in [1.54, 1.807) is 19.1 Å². The molecule has 17 heavy (non-hydrogen) atoms. The number of benzene rings is 1. The molecule has 2 aromatic rings. The van der Waals surface area contributed by atoms with Gasteiger partial charge in [0, 0.05) is 18.9 Å². The first-order valence-corrected chi connectivity index (χ1v) is 5.75. The molecular weight excluding hydrogens is 214 g/mol. The van der Waals surface area contributed by atoms with Crippen LogP contribution in [0, 0.1) is 12.3 Å². The van der Waals surface area contributed by atoms with Gasteiger partial charge in [-0.2, -0.15) is 0 Å². The van der Waals surface area contributed by atoms with Gasteiger partial charge in [0.05, 0.1) is 0 Å². The Morgan fingerprint density at radius 3 is 2.71 bits per heavy atom. The topological polar surface area (TPSA) is 43.1 Å². The summed E-state index contributed by atoms with van der Waals surface area (Å²) >= 11 is 0. The molecule has 1 aromatic heterocycles. The summed E-state index contributed by atoms with van der Waals surface area (Å²) in [5.41, 5.74) is 2.20. The molecule has 0 radical (unpaired) electrons. The molecule has 0 aliphatic heterocycles. The third kappa shape index (κ3) is 2.73. The summed E-state index contributed by atoms with van der Waals surface area (Å²) in [5.74, 6) is 0.778. The molecule has 0 aliphatic carbocycles. The lowest BCUT2D eigenvalue weighted by molar-refractivity contribution is 0.0940. The minimum atomic E-state index is 0.00574. The second-order valence-corrected chi connectivity index (χ2v) is 5.58. The average Bonchev–Trinajstić information content (AvgIpc) is 2.53. The molecule has 90 valence electrons. The molecule has 3 heteroatoms. The summed E-state index contributed by atoms with van der Waals surface area (Å²) in [6.45, 7) is 7.98. The number of nitrogens with zero attached hydrogens (tertiary/aromatic N) is 1. The first-order valence-electron chi connectivity index (χ1n) is 5.75. The zero-order valence-electron chi connectivity index (χ0n) is 10.7. The summed E-state index contributed by atoms with van der Waals surface area (Å²) in [4.78, 5) is 16.3. The van der Waals surface area contributed by atoms with Gasteiger partial charge in [-0.05, 0) is 23.6 Å². The van der Waals surface area contributed by atoms with Crippen molar-refractivity contribution in [1.29, 1.82) is 0 Å². The van der Waals surface area contributed by atoms with Crippen LogP contribution in [-0.2, 0) is 0 Å². The van der Waals surface area contributed by atoms with Crippen LogP contribution in [0.5, 0.6) is 0 Å². The van der Waals surface area contributed by atoms with Crippen LogP contribution in [-0.4, -0.2) is 10.8 Å². The number of aromatic nitrogens is 1. The van der Waals surface area contributed by atoms with Gasteiger partial charge in [-0.15, -0.1) is 0 Å². The summed E-state index contributed by atoms with van der Waals surface area (Å²) < 4.78 is 5.38. The van der Waals surface area contributed by atoms with Crippen LogP contribution in [0.25, 0.3) is 11.1 Å². The minimum Gasteiger partial charge on any atom is -0.441 e. The molecular formula is C14H17NO2. The second kappa shape index (κ2) is 3.99. The van der Waals surface area contributed by atoms with Crippen LogP contribution in [0.15, 0.2) is 22.6 Å². The molecule has 0 unspecified atom stereocenters. The predicted octanol–water partition coefficient (Wildman–Crippen LogP) is 3.76. The Morgan fingerprint density at radius 1 is 1.35 bits per heavy atom. The summed E-state index contributed by atoms with van der Waals surface area (Å²) in [6, 6.07) is 5.42. The van der Waals surface area contributed by atoms with E-state index in [4.69, 9.17) is 4.42 Å². The number of Topliss-reactive ketones (excluding diaryl/α,β-unsaturated/α-hetero) is 1. The SMILES string of the molecule is Cc1nc2cc(C(=O)CC(C)(C)C)ccc2o1. The molecule has 3 nitrogen and oxygen atoms in total. The van der Waals surface area contributed by atoms with Crippen molar-refractivity contribution >= 4 is 16.9 Å². The van der Waals surface area contributed by atoms with E-state index in [1.807, 2.05) is 6.07 Å². The van der Waals surface area contributed by atoms with Gasteiger partial charge in [-0.25, -0.2) is 4.98 Å². The van der Waals surface area contributed by atoms with Crippen LogP contribution in [0.4, 0.5) is 0 Å². The van der Waals surface area contributed by atoms with Crippen LogP contribution in [0.2, 0.25) is 0 Å². The highest BCUT2D eigenvalue weighted by atomic mass is 16.3. The number of ketones is 1. The van der Waals surface area contributed by atoms with Gasteiger partial charge >= 0.3 is 0 Å². The fourth-order valence-corrected chi connectivity index (χ4v) is 1.80. The lowest BCUT2D eigenvalue weighted by Gasteiger charge is -2.16. The summed E-state index contributed by atoms with van der Waals surface area (Å²) in [5, 5.41) is 0. The number of oxazole rings is 1. The van der Waals surface area contributed by atoms with E-state index in [2.05, 4.69) is 25.8 Å². The molecule has 0 amide bonds. The third-order valence-electron chi connectivity index (χ3n) is 2.51. The molecule has 0 atom stereocenters.